The predicted molar refractivity (Wildman–Crippen MR) is 94.8 cm³/mol. The lowest BCUT2D eigenvalue weighted by molar-refractivity contribution is 0.264. The molecule has 0 saturated heterocycles. The van der Waals surface area contributed by atoms with Crippen LogP contribution in [0.15, 0.2) is 43.0 Å². The minimum absolute atomic E-state index is 0.258. The van der Waals surface area contributed by atoms with Crippen LogP contribution in [0.2, 0.25) is 0 Å². The summed E-state index contributed by atoms with van der Waals surface area (Å²) in [6, 6.07) is 11.6. The lowest BCUT2D eigenvalue weighted by Crippen LogP contribution is -2.46. The van der Waals surface area contributed by atoms with Gasteiger partial charge in [0.05, 0.1) is 0 Å². The molecule has 0 aliphatic rings. The summed E-state index contributed by atoms with van der Waals surface area (Å²) in [7, 11) is 2.12. The van der Waals surface area contributed by atoms with E-state index in [4.69, 9.17) is 0 Å². The van der Waals surface area contributed by atoms with Crippen LogP contribution in [0.3, 0.4) is 0 Å². The summed E-state index contributed by atoms with van der Waals surface area (Å²) < 4.78 is 0. The van der Waals surface area contributed by atoms with E-state index in [1.807, 2.05) is 6.08 Å². The number of likely N-dealkylation sites (N-methyl/N-ethyl adjacent to an activating group) is 1. The summed E-state index contributed by atoms with van der Waals surface area (Å²) in [6.07, 6.45) is 10.7. The largest absolute Gasteiger partial charge is 0.316 e. The Balaban J connectivity index is 2.78. The fourth-order valence-corrected chi connectivity index (χ4v) is 3.63. The van der Waals surface area contributed by atoms with Crippen LogP contribution in [0.25, 0.3) is 0 Å². The lowest BCUT2D eigenvalue weighted by atomic mass is 9.68. The molecule has 118 valence electrons. The number of hydrogen-bond acceptors (Lipinski definition) is 1. The van der Waals surface area contributed by atoms with Gasteiger partial charge in [0, 0.05) is 11.5 Å². The number of nitrogens with one attached hydrogen (secondary N) is 1. The van der Waals surface area contributed by atoms with E-state index in [9.17, 15) is 0 Å². The van der Waals surface area contributed by atoms with Gasteiger partial charge in [-0.05, 0) is 44.7 Å². The summed E-state index contributed by atoms with van der Waals surface area (Å²) in [5, 5.41) is 3.61. The van der Waals surface area contributed by atoms with Gasteiger partial charge in [-0.3, -0.25) is 0 Å². The SMILES string of the molecule is C=CCCCCCC(NC)C(CC)(CC)c1ccccc1. The maximum Gasteiger partial charge on any atom is 0.0161 e. The second-order valence-electron chi connectivity index (χ2n) is 6.00. The number of allylic oxidation sites excluding steroid dienone is 1. The Bertz CT molecular complexity index is 378. The van der Waals surface area contributed by atoms with E-state index in [-0.39, 0.29) is 5.41 Å². The number of hydrogen-bond donors (Lipinski definition) is 1. The molecule has 1 N–H and O–H groups in total. The molecule has 0 heterocycles. The minimum atomic E-state index is 0.258. The third-order valence-corrected chi connectivity index (χ3v) is 5.03. The topological polar surface area (TPSA) is 12.0 Å². The first-order chi connectivity index (χ1) is 10.2. The van der Waals surface area contributed by atoms with Gasteiger partial charge < -0.3 is 5.32 Å². The first kappa shape index (κ1) is 18.0. The standard InChI is InChI=1S/C20H33N/c1-5-8-9-10-14-17-19(21-4)20(6-2,7-3)18-15-12-11-13-16-18/h5,11-13,15-16,19,21H,1,6-10,14,17H2,2-4H3. The summed E-state index contributed by atoms with van der Waals surface area (Å²) in [5.74, 6) is 0. The minimum Gasteiger partial charge on any atom is -0.316 e. The second kappa shape index (κ2) is 9.78. The van der Waals surface area contributed by atoms with E-state index in [2.05, 4.69) is 63.1 Å². The molecule has 0 radical (unpaired) electrons. The number of benzene rings is 1. The molecule has 0 fully saturated rings. The monoisotopic (exact) mass is 287 g/mol. The van der Waals surface area contributed by atoms with Crippen molar-refractivity contribution < 1.29 is 0 Å². The third kappa shape index (κ3) is 4.71. The molecule has 1 aromatic carbocycles. The van der Waals surface area contributed by atoms with E-state index in [1.54, 1.807) is 0 Å². The van der Waals surface area contributed by atoms with Crippen LogP contribution in [0.1, 0.15) is 64.4 Å². The van der Waals surface area contributed by atoms with E-state index in [0.29, 0.717) is 6.04 Å². The van der Waals surface area contributed by atoms with Crippen molar-refractivity contribution in [2.45, 2.75) is 70.3 Å². The van der Waals surface area contributed by atoms with Crippen LogP contribution in [0.4, 0.5) is 0 Å². The zero-order chi connectivity index (χ0) is 15.6. The molecule has 1 rings (SSSR count). The van der Waals surface area contributed by atoms with Gasteiger partial charge in [-0.2, -0.15) is 0 Å². The van der Waals surface area contributed by atoms with Gasteiger partial charge in [0.25, 0.3) is 0 Å². The lowest BCUT2D eigenvalue weighted by Gasteiger charge is -2.40. The van der Waals surface area contributed by atoms with Crippen molar-refractivity contribution in [3.63, 3.8) is 0 Å². The van der Waals surface area contributed by atoms with Gasteiger partial charge in [-0.15, -0.1) is 6.58 Å². The summed E-state index contributed by atoms with van der Waals surface area (Å²) in [4.78, 5) is 0. The smallest absolute Gasteiger partial charge is 0.0161 e. The van der Waals surface area contributed by atoms with Crippen LogP contribution in [0, 0.1) is 0 Å². The average molecular weight is 287 g/mol. The van der Waals surface area contributed by atoms with Crippen molar-refractivity contribution in [3.8, 4) is 0 Å². The second-order valence-corrected chi connectivity index (χ2v) is 6.00. The summed E-state index contributed by atoms with van der Waals surface area (Å²) in [6.45, 7) is 8.47. The molecule has 0 aromatic heterocycles. The zero-order valence-electron chi connectivity index (χ0n) is 14.2. The van der Waals surface area contributed by atoms with Gasteiger partial charge in [-0.25, -0.2) is 0 Å². The van der Waals surface area contributed by atoms with Crippen LogP contribution in [-0.2, 0) is 5.41 Å². The van der Waals surface area contributed by atoms with Crippen molar-refractivity contribution in [3.05, 3.63) is 48.6 Å². The highest BCUT2D eigenvalue weighted by Gasteiger charge is 2.35. The summed E-state index contributed by atoms with van der Waals surface area (Å²) in [5.41, 5.74) is 1.74. The van der Waals surface area contributed by atoms with Crippen molar-refractivity contribution in [1.29, 1.82) is 0 Å². The molecule has 0 bridgehead atoms. The average Bonchev–Trinajstić information content (AvgIpc) is 2.55. The Morgan fingerprint density at radius 1 is 1.10 bits per heavy atom. The molecule has 1 atom stereocenters. The highest BCUT2D eigenvalue weighted by Crippen LogP contribution is 2.37. The maximum absolute atomic E-state index is 3.80. The zero-order valence-corrected chi connectivity index (χ0v) is 14.2. The van der Waals surface area contributed by atoms with Gasteiger partial charge >= 0.3 is 0 Å². The molecule has 1 aromatic rings. The molecule has 1 heteroatoms. The number of rotatable bonds is 11. The predicted octanol–water partition coefficient (Wildman–Crippen LogP) is 5.47. The van der Waals surface area contributed by atoms with E-state index >= 15 is 0 Å². The molecular formula is C20H33N. The molecule has 0 spiro atoms. The van der Waals surface area contributed by atoms with E-state index in [0.717, 1.165) is 6.42 Å². The van der Waals surface area contributed by atoms with Gasteiger partial charge in [0.1, 0.15) is 0 Å². The quantitative estimate of drug-likeness (QED) is 0.420. The molecule has 1 unspecified atom stereocenters. The summed E-state index contributed by atoms with van der Waals surface area (Å²) >= 11 is 0. The van der Waals surface area contributed by atoms with Crippen molar-refractivity contribution >= 4 is 0 Å². The number of unbranched alkanes of at least 4 members (excludes halogenated alkanes) is 3. The van der Waals surface area contributed by atoms with Crippen LogP contribution in [-0.4, -0.2) is 13.1 Å². The van der Waals surface area contributed by atoms with E-state index < -0.39 is 0 Å². The Morgan fingerprint density at radius 2 is 1.76 bits per heavy atom. The first-order valence-electron chi connectivity index (χ1n) is 8.58. The van der Waals surface area contributed by atoms with Gasteiger partial charge in [0.15, 0.2) is 0 Å². The Labute approximate surface area is 131 Å². The Morgan fingerprint density at radius 3 is 2.29 bits per heavy atom. The van der Waals surface area contributed by atoms with Crippen LogP contribution < -0.4 is 5.32 Å². The van der Waals surface area contributed by atoms with Crippen molar-refractivity contribution in [1.82, 2.24) is 5.32 Å². The van der Waals surface area contributed by atoms with Crippen LogP contribution in [0.5, 0.6) is 0 Å². The van der Waals surface area contributed by atoms with E-state index in [1.165, 1.54) is 44.1 Å². The normalized spacial score (nSPS) is 13.1. The fourth-order valence-electron chi connectivity index (χ4n) is 3.63. The third-order valence-electron chi connectivity index (χ3n) is 5.03. The van der Waals surface area contributed by atoms with Crippen LogP contribution >= 0.6 is 0 Å². The molecule has 0 saturated carbocycles. The highest BCUT2D eigenvalue weighted by molar-refractivity contribution is 5.27. The Hall–Kier alpha value is -1.08. The molecular weight excluding hydrogens is 254 g/mol. The van der Waals surface area contributed by atoms with Gasteiger partial charge in [-0.1, -0.05) is 63.1 Å². The molecule has 0 aliphatic heterocycles. The molecule has 1 nitrogen and oxygen atoms in total. The first-order valence-corrected chi connectivity index (χ1v) is 8.58. The van der Waals surface area contributed by atoms with Gasteiger partial charge in [0.2, 0.25) is 0 Å². The Kier molecular flexibility index (Phi) is 8.37. The molecule has 21 heavy (non-hydrogen) atoms. The fraction of sp³-hybridized carbons (Fsp3) is 0.600. The van der Waals surface area contributed by atoms with Crippen molar-refractivity contribution in [2.24, 2.45) is 0 Å². The highest BCUT2D eigenvalue weighted by atomic mass is 14.9. The maximum atomic E-state index is 3.80. The molecule has 0 aliphatic carbocycles. The van der Waals surface area contributed by atoms with Crippen molar-refractivity contribution in [2.75, 3.05) is 7.05 Å². The molecule has 0 amide bonds.